The number of para-hydroxylation sites is 1. The first-order valence-electron chi connectivity index (χ1n) is 9.57. The van der Waals surface area contributed by atoms with Crippen molar-refractivity contribution in [2.24, 2.45) is 0 Å². The lowest BCUT2D eigenvalue weighted by Gasteiger charge is -2.11. The highest BCUT2D eigenvalue weighted by atomic mass is 32.2. The average Bonchev–Trinajstić information content (AvgIpc) is 2.74. The number of carbonyl (C=O) groups is 1. The molecule has 0 saturated carbocycles. The van der Waals surface area contributed by atoms with Crippen molar-refractivity contribution < 1.29 is 13.2 Å². The molecule has 0 saturated heterocycles. The lowest BCUT2D eigenvalue weighted by Crippen LogP contribution is -2.31. The number of hydrogen-bond acceptors (Lipinski definition) is 3. The van der Waals surface area contributed by atoms with Gasteiger partial charge in [-0.25, -0.2) is 13.1 Å². The molecule has 0 aliphatic rings. The Balaban J connectivity index is 1.58. The summed E-state index contributed by atoms with van der Waals surface area (Å²) in [5.74, 6) is -0.428. The van der Waals surface area contributed by atoms with Gasteiger partial charge in [-0.2, -0.15) is 0 Å². The number of amides is 1. The Bertz CT molecular complexity index is 1120. The number of sulfonamides is 1. The van der Waals surface area contributed by atoms with Gasteiger partial charge in [-0.15, -0.1) is 0 Å². The van der Waals surface area contributed by atoms with E-state index < -0.39 is 15.9 Å². The predicted molar refractivity (Wildman–Crippen MR) is 121 cm³/mol. The lowest BCUT2D eigenvalue weighted by atomic mass is 10.0. The number of nitrogens with one attached hydrogen (secondary N) is 2. The molecule has 2 N–H and O–H groups in total. The third-order valence-electron chi connectivity index (χ3n) is 4.48. The van der Waals surface area contributed by atoms with Crippen LogP contribution >= 0.6 is 0 Å². The summed E-state index contributed by atoms with van der Waals surface area (Å²) in [6, 6.07) is 24.9. The highest BCUT2D eigenvalue weighted by Crippen LogP contribution is 2.19. The van der Waals surface area contributed by atoms with Crippen LogP contribution in [0.25, 0.3) is 6.08 Å². The normalized spacial score (nSPS) is 11.5. The van der Waals surface area contributed by atoms with E-state index in [2.05, 4.69) is 10.0 Å². The molecule has 0 radical (unpaired) electrons. The fraction of sp³-hybridized carbons (Fsp3) is 0.125. The van der Waals surface area contributed by atoms with Crippen molar-refractivity contribution in [3.8, 4) is 0 Å². The standard InChI is InChI=1S/C24H24N2O3S/c1-19-11-13-20(14-12-19)15-16-30(28,29)25-18-24(27)26-23-10-6-5-9-22(23)17-21-7-3-2-4-8-21/h2-16,25H,17-18H2,1H3,(H,26,27)/b16-15+. The van der Waals surface area contributed by atoms with Crippen LogP contribution in [0.1, 0.15) is 22.3 Å². The largest absolute Gasteiger partial charge is 0.325 e. The SMILES string of the molecule is Cc1ccc(/C=C/S(=O)(=O)NCC(=O)Nc2ccccc2Cc2ccccc2)cc1. The van der Waals surface area contributed by atoms with E-state index in [-0.39, 0.29) is 6.54 Å². The van der Waals surface area contributed by atoms with Crippen LogP contribution in [0.15, 0.2) is 84.3 Å². The maximum absolute atomic E-state index is 12.3. The maximum Gasteiger partial charge on any atom is 0.239 e. The molecule has 0 aliphatic carbocycles. The van der Waals surface area contributed by atoms with Gasteiger partial charge in [-0.1, -0.05) is 78.4 Å². The second-order valence-electron chi connectivity index (χ2n) is 6.95. The first kappa shape index (κ1) is 21.5. The first-order valence-corrected chi connectivity index (χ1v) is 11.1. The highest BCUT2D eigenvalue weighted by Gasteiger charge is 2.11. The molecule has 0 spiro atoms. The molecule has 1 amide bonds. The predicted octanol–water partition coefficient (Wildman–Crippen LogP) is 4.11. The molecule has 3 aromatic rings. The van der Waals surface area contributed by atoms with Crippen molar-refractivity contribution >= 4 is 27.7 Å². The highest BCUT2D eigenvalue weighted by molar-refractivity contribution is 7.92. The molecule has 0 bridgehead atoms. The summed E-state index contributed by atoms with van der Waals surface area (Å²) in [6.45, 7) is 1.61. The molecule has 0 fully saturated rings. The second kappa shape index (κ2) is 10.0. The summed E-state index contributed by atoms with van der Waals surface area (Å²) in [7, 11) is -3.73. The van der Waals surface area contributed by atoms with E-state index in [1.165, 1.54) is 6.08 Å². The molecule has 0 atom stereocenters. The van der Waals surface area contributed by atoms with Crippen molar-refractivity contribution in [1.82, 2.24) is 4.72 Å². The molecule has 30 heavy (non-hydrogen) atoms. The zero-order chi connectivity index (χ0) is 21.4. The molecular formula is C24H24N2O3S. The Hall–Kier alpha value is -3.22. The Kier molecular flexibility index (Phi) is 7.17. The minimum Gasteiger partial charge on any atom is -0.325 e. The number of carbonyl (C=O) groups excluding carboxylic acids is 1. The Morgan fingerprint density at radius 3 is 2.30 bits per heavy atom. The van der Waals surface area contributed by atoms with E-state index in [4.69, 9.17) is 0 Å². The third-order valence-corrected chi connectivity index (χ3v) is 5.52. The molecule has 154 valence electrons. The summed E-state index contributed by atoms with van der Waals surface area (Å²) in [5, 5.41) is 3.86. The van der Waals surface area contributed by atoms with Gasteiger partial charge in [0.1, 0.15) is 0 Å². The summed E-state index contributed by atoms with van der Waals surface area (Å²) < 4.78 is 26.6. The van der Waals surface area contributed by atoms with Gasteiger partial charge in [0, 0.05) is 11.1 Å². The minimum atomic E-state index is -3.73. The van der Waals surface area contributed by atoms with Crippen molar-refractivity contribution in [3.63, 3.8) is 0 Å². The van der Waals surface area contributed by atoms with Gasteiger partial charge in [-0.3, -0.25) is 4.79 Å². The molecule has 0 unspecified atom stereocenters. The summed E-state index contributed by atoms with van der Waals surface area (Å²) in [5.41, 5.74) is 4.61. The van der Waals surface area contributed by atoms with Crippen molar-refractivity contribution in [2.75, 3.05) is 11.9 Å². The summed E-state index contributed by atoms with van der Waals surface area (Å²) in [4.78, 5) is 12.3. The molecule has 5 nitrogen and oxygen atoms in total. The smallest absolute Gasteiger partial charge is 0.239 e. The monoisotopic (exact) mass is 420 g/mol. The van der Waals surface area contributed by atoms with Crippen LogP contribution in [0.5, 0.6) is 0 Å². The maximum atomic E-state index is 12.3. The van der Waals surface area contributed by atoms with E-state index >= 15 is 0 Å². The molecule has 3 aromatic carbocycles. The van der Waals surface area contributed by atoms with Crippen LogP contribution in [0.4, 0.5) is 5.69 Å². The van der Waals surface area contributed by atoms with E-state index in [9.17, 15) is 13.2 Å². The molecule has 3 rings (SSSR count). The number of aryl methyl sites for hydroxylation is 1. The number of anilines is 1. The van der Waals surface area contributed by atoms with Crippen molar-refractivity contribution in [1.29, 1.82) is 0 Å². The van der Waals surface area contributed by atoms with E-state index in [1.807, 2.05) is 85.8 Å². The second-order valence-corrected chi connectivity index (χ2v) is 8.60. The van der Waals surface area contributed by atoms with E-state index in [0.717, 1.165) is 27.7 Å². The van der Waals surface area contributed by atoms with E-state index in [0.29, 0.717) is 12.1 Å². The fourth-order valence-corrected chi connectivity index (χ4v) is 3.63. The van der Waals surface area contributed by atoms with Crippen LogP contribution in [0.2, 0.25) is 0 Å². The van der Waals surface area contributed by atoms with Gasteiger partial charge in [0.15, 0.2) is 0 Å². The minimum absolute atomic E-state index is 0.347. The number of hydrogen-bond donors (Lipinski definition) is 2. The van der Waals surface area contributed by atoms with Gasteiger partial charge in [-0.05, 0) is 42.2 Å². The molecule has 0 aliphatic heterocycles. The zero-order valence-corrected chi connectivity index (χ0v) is 17.5. The topological polar surface area (TPSA) is 75.3 Å². The third kappa shape index (κ3) is 6.69. The number of benzene rings is 3. The van der Waals surface area contributed by atoms with Gasteiger partial charge >= 0.3 is 0 Å². The molecular weight excluding hydrogens is 396 g/mol. The number of rotatable bonds is 8. The average molecular weight is 421 g/mol. The van der Waals surface area contributed by atoms with Gasteiger partial charge in [0.05, 0.1) is 6.54 Å². The zero-order valence-electron chi connectivity index (χ0n) is 16.7. The summed E-state index contributed by atoms with van der Waals surface area (Å²) >= 11 is 0. The lowest BCUT2D eigenvalue weighted by molar-refractivity contribution is -0.115. The van der Waals surface area contributed by atoms with Crippen LogP contribution in [-0.4, -0.2) is 20.9 Å². The van der Waals surface area contributed by atoms with Gasteiger partial charge in [0.2, 0.25) is 15.9 Å². The van der Waals surface area contributed by atoms with Crippen molar-refractivity contribution in [3.05, 3.63) is 107 Å². The Morgan fingerprint density at radius 2 is 1.57 bits per heavy atom. The van der Waals surface area contributed by atoms with Gasteiger partial charge in [0.25, 0.3) is 0 Å². The van der Waals surface area contributed by atoms with Crippen LogP contribution in [-0.2, 0) is 21.2 Å². The molecule has 0 aromatic heterocycles. The van der Waals surface area contributed by atoms with Crippen LogP contribution in [0, 0.1) is 6.92 Å². The van der Waals surface area contributed by atoms with E-state index in [1.54, 1.807) is 0 Å². The summed E-state index contributed by atoms with van der Waals surface area (Å²) in [6.07, 6.45) is 2.16. The Morgan fingerprint density at radius 1 is 0.900 bits per heavy atom. The molecule has 6 heteroatoms. The van der Waals surface area contributed by atoms with Crippen LogP contribution in [0.3, 0.4) is 0 Å². The quantitative estimate of drug-likeness (QED) is 0.576. The Labute approximate surface area is 177 Å². The molecule has 0 heterocycles. The first-order chi connectivity index (χ1) is 14.4. The van der Waals surface area contributed by atoms with Crippen LogP contribution < -0.4 is 10.0 Å². The fourth-order valence-electron chi connectivity index (χ4n) is 2.87. The van der Waals surface area contributed by atoms with Gasteiger partial charge < -0.3 is 5.32 Å². The van der Waals surface area contributed by atoms with Crippen molar-refractivity contribution in [2.45, 2.75) is 13.3 Å².